The number of aromatic amines is 1. The van der Waals surface area contributed by atoms with Gasteiger partial charge >= 0.3 is 0 Å². The SMILES string of the molecule is COc1ccccc1C(CNC1CCc2[nH]ncc21)N1CCCCC1. The molecule has 134 valence electrons. The molecule has 0 spiro atoms. The Morgan fingerprint density at radius 3 is 2.96 bits per heavy atom. The Morgan fingerprint density at radius 1 is 1.28 bits per heavy atom. The highest BCUT2D eigenvalue weighted by atomic mass is 16.5. The van der Waals surface area contributed by atoms with Crippen molar-refractivity contribution in [3.63, 3.8) is 0 Å². The number of hydrogen-bond donors (Lipinski definition) is 2. The lowest BCUT2D eigenvalue weighted by atomic mass is 10.00. The third-order valence-corrected chi connectivity index (χ3v) is 5.70. The molecule has 1 aromatic heterocycles. The minimum Gasteiger partial charge on any atom is -0.496 e. The van der Waals surface area contributed by atoms with Crippen molar-refractivity contribution >= 4 is 0 Å². The van der Waals surface area contributed by atoms with Crippen molar-refractivity contribution in [1.82, 2.24) is 20.4 Å². The normalized spacial score (nSPS) is 21.9. The van der Waals surface area contributed by atoms with Gasteiger partial charge in [0.2, 0.25) is 0 Å². The summed E-state index contributed by atoms with van der Waals surface area (Å²) in [6, 6.07) is 9.24. The number of nitrogens with zero attached hydrogens (tertiary/aromatic N) is 2. The van der Waals surface area contributed by atoms with Crippen LogP contribution < -0.4 is 10.1 Å². The first kappa shape index (κ1) is 16.6. The van der Waals surface area contributed by atoms with Crippen LogP contribution in [0.25, 0.3) is 0 Å². The number of likely N-dealkylation sites (tertiary alicyclic amines) is 1. The van der Waals surface area contributed by atoms with Gasteiger partial charge < -0.3 is 10.1 Å². The Balaban J connectivity index is 1.53. The van der Waals surface area contributed by atoms with Gasteiger partial charge in [0.15, 0.2) is 0 Å². The molecule has 25 heavy (non-hydrogen) atoms. The summed E-state index contributed by atoms with van der Waals surface area (Å²) in [6.07, 6.45) is 8.17. The van der Waals surface area contributed by atoms with Gasteiger partial charge in [-0.1, -0.05) is 24.6 Å². The van der Waals surface area contributed by atoms with E-state index in [0.29, 0.717) is 12.1 Å². The van der Waals surface area contributed by atoms with E-state index in [0.717, 1.165) is 25.1 Å². The lowest BCUT2D eigenvalue weighted by molar-refractivity contribution is 0.155. The number of piperidine rings is 1. The van der Waals surface area contributed by atoms with Crippen LogP contribution in [0.1, 0.15) is 54.6 Å². The Labute approximate surface area is 149 Å². The number of H-pyrrole nitrogens is 1. The van der Waals surface area contributed by atoms with Gasteiger partial charge in [-0.15, -0.1) is 0 Å². The molecular weight excluding hydrogens is 312 g/mol. The fourth-order valence-corrected chi connectivity index (χ4v) is 4.34. The second kappa shape index (κ2) is 7.58. The fourth-order valence-electron chi connectivity index (χ4n) is 4.34. The van der Waals surface area contributed by atoms with Crippen LogP contribution >= 0.6 is 0 Å². The van der Waals surface area contributed by atoms with E-state index in [4.69, 9.17) is 4.74 Å². The number of ether oxygens (including phenoxy) is 1. The smallest absolute Gasteiger partial charge is 0.123 e. The van der Waals surface area contributed by atoms with Crippen LogP contribution in [0.4, 0.5) is 0 Å². The number of aromatic nitrogens is 2. The third-order valence-electron chi connectivity index (χ3n) is 5.70. The molecule has 4 rings (SSSR count). The molecule has 2 atom stereocenters. The molecule has 1 saturated heterocycles. The monoisotopic (exact) mass is 340 g/mol. The van der Waals surface area contributed by atoms with Gasteiger partial charge in [0.25, 0.3) is 0 Å². The Kier molecular flexibility index (Phi) is 5.04. The summed E-state index contributed by atoms with van der Waals surface area (Å²) in [5, 5.41) is 11.1. The quantitative estimate of drug-likeness (QED) is 0.848. The molecule has 2 aliphatic rings. The fraction of sp³-hybridized carbons (Fsp3) is 0.550. The standard InChI is InChI=1S/C20H28N4O/c1-25-20-8-4-3-7-15(20)19(24-11-5-2-6-12-24)14-21-17-9-10-18-16(17)13-22-23-18/h3-4,7-8,13,17,19,21H,2,5-6,9-12,14H2,1H3,(H,22,23). The predicted molar refractivity (Wildman–Crippen MR) is 98.8 cm³/mol. The van der Waals surface area contributed by atoms with Gasteiger partial charge in [-0.2, -0.15) is 5.10 Å². The van der Waals surface area contributed by atoms with Crippen molar-refractivity contribution in [2.24, 2.45) is 0 Å². The minimum atomic E-state index is 0.354. The second-order valence-electron chi connectivity index (χ2n) is 7.16. The molecule has 0 bridgehead atoms. The Hall–Kier alpha value is -1.85. The molecule has 1 aliphatic heterocycles. The molecule has 2 aromatic rings. The van der Waals surface area contributed by atoms with Gasteiger partial charge in [0.05, 0.1) is 19.3 Å². The summed E-state index contributed by atoms with van der Waals surface area (Å²) in [7, 11) is 1.77. The van der Waals surface area contributed by atoms with Crippen LogP contribution in [0.3, 0.4) is 0 Å². The molecular formula is C20H28N4O. The van der Waals surface area contributed by atoms with Gasteiger partial charge in [-0.05, 0) is 44.8 Å². The Morgan fingerprint density at radius 2 is 2.12 bits per heavy atom. The predicted octanol–water partition coefficient (Wildman–Crippen LogP) is 3.22. The van der Waals surface area contributed by atoms with Crippen molar-refractivity contribution in [1.29, 1.82) is 0 Å². The second-order valence-corrected chi connectivity index (χ2v) is 7.16. The van der Waals surface area contributed by atoms with Crippen LogP contribution in [0, 0.1) is 0 Å². The lowest BCUT2D eigenvalue weighted by Gasteiger charge is -2.36. The van der Waals surface area contributed by atoms with E-state index in [1.54, 1.807) is 7.11 Å². The highest BCUT2D eigenvalue weighted by Crippen LogP contribution is 2.33. The zero-order valence-electron chi connectivity index (χ0n) is 15.0. The van der Waals surface area contributed by atoms with E-state index in [2.05, 4.69) is 44.7 Å². The van der Waals surface area contributed by atoms with E-state index < -0.39 is 0 Å². The molecule has 1 fully saturated rings. The average molecular weight is 340 g/mol. The maximum absolute atomic E-state index is 5.66. The number of benzene rings is 1. The van der Waals surface area contributed by atoms with E-state index >= 15 is 0 Å². The van der Waals surface area contributed by atoms with Crippen LogP contribution in [0.15, 0.2) is 30.5 Å². The number of nitrogens with one attached hydrogen (secondary N) is 2. The van der Waals surface area contributed by atoms with Gasteiger partial charge in [0, 0.05) is 29.4 Å². The first-order valence-electron chi connectivity index (χ1n) is 9.49. The summed E-state index contributed by atoms with van der Waals surface area (Å²) < 4.78 is 5.66. The summed E-state index contributed by atoms with van der Waals surface area (Å²) in [5.74, 6) is 0.996. The van der Waals surface area contributed by atoms with Crippen molar-refractivity contribution < 1.29 is 4.74 Å². The average Bonchev–Trinajstić information content (AvgIpc) is 3.28. The van der Waals surface area contributed by atoms with Gasteiger partial charge in [-0.25, -0.2) is 0 Å². The first-order chi connectivity index (χ1) is 12.4. The highest BCUT2D eigenvalue weighted by Gasteiger charge is 2.28. The van der Waals surface area contributed by atoms with E-state index in [1.807, 2.05) is 6.20 Å². The molecule has 5 heteroatoms. The summed E-state index contributed by atoms with van der Waals surface area (Å²) in [5.41, 5.74) is 3.94. The maximum atomic E-state index is 5.66. The van der Waals surface area contributed by atoms with Crippen molar-refractivity contribution in [3.05, 3.63) is 47.3 Å². The number of aryl methyl sites for hydroxylation is 1. The molecule has 1 aromatic carbocycles. The largest absolute Gasteiger partial charge is 0.496 e. The van der Waals surface area contributed by atoms with Crippen molar-refractivity contribution in [2.75, 3.05) is 26.7 Å². The van der Waals surface area contributed by atoms with Crippen LogP contribution in [-0.4, -0.2) is 41.8 Å². The van der Waals surface area contributed by atoms with Gasteiger partial charge in [-0.3, -0.25) is 10.00 Å². The lowest BCUT2D eigenvalue weighted by Crippen LogP contribution is -2.40. The van der Waals surface area contributed by atoms with E-state index in [9.17, 15) is 0 Å². The summed E-state index contributed by atoms with van der Waals surface area (Å²) in [4.78, 5) is 2.62. The molecule has 1 aliphatic carbocycles. The number of rotatable bonds is 6. The zero-order valence-corrected chi connectivity index (χ0v) is 15.0. The number of methoxy groups -OCH3 is 1. The van der Waals surface area contributed by atoms with Crippen molar-refractivity contribution in [2.45, 2.75) is 44.2 Å². The van der Waals surface area contributed by atoms with E-state index in [1.165, 1.54) is 49.2 Å². The van der Waals surface area contributed by atoms with Gasteiger partial charge in [0.1, 0.15) is 5.75 Å². The number of fused-ring (bicyclic) bond motifs is 1. The third kappa shape index (κ3) is 3.44. The Bertz CT molecular complexity index is 693. The topological polar surface area (TPSA) is 53.2 Å². The molecule has 0 amide bonds. The van der Waals surface area contributed by atoms with Crippen LogP contribution in [-0.2, 0) is 6.42 Å². The molecule has 0 radical (unpaired) electrons. The summed E-state index contributed by atoms with van der Waals surface area (Å²) >= 11 is 0. The summed E-state index contributed by atoms with van der Waals surface area (Å²) in [6.45, 7) is 3.29. The molecule has 2 unspecified atom stereocenters. The first-order valence-corrected chi connectivity index (χ1v) is 9.49. The van der Waals surface area contributed by atoms with Crippen molar-refractivity contribution in [3.8, 4) is 5.75 Å². The molecule has 2 heterocycles. The van der Waals surface area contributed by atoms with Crippen LogP contribution in [0.5, 0.6) is 5.75 Å². The molecule has 0 saturated carbocycles. The molecule has 2 N–H and O–H groups in total. The molecule has 5 nitrogen and oxygen atoms in total. The number of para-hydroxylation sites is 1. The van der Waals surface area contributed by atoms with E-state index in [-0.39, 0.29) is 0 Å². The highest BCUT2D eigenvalue weighted by molar-refractivity contribution is 5.36. The zero-order chi connectivity index (χ0) is 17.1. The maximum Gasteiger partial charge on any atom is 0.123 e. The van der Waals surface area contributed by atoms with Crippen LogP contribution in [0.2, 0.25) is 0 Å². The number of hydrogen-bond acceptors (Lipinski definition) is 4. The minimum absolute atomic E-state index is 0.354.